The summed E-state index contributed by atoms with van der Waals surface area (Å²) in [5, 5.41) is 17.5. The minimum atomic E-state index is -0.628. The van der Waals surface area contributed by atoms with Crippen LogP contribution in [0, 0.1) is 32.1 Å². The van der Waals surface area contributed by atoms with E-state index < -0.39 is 5.92 Å². The molecule has 1 atom stereocenters. The number of pyridine rings is 1. The van der Waals surface area contributed by atoms with E-state index in [2.05, 4.69) is 27.3 Å². The number of fused-ring (bicyclic) bond motifs is 2. The van der Waals surface area contributed by atoms with E-state index in [4.69, 9.17) is 10.5 Å². The standard InChI is InChI=1S/C19H17N5O2/c1-8-4-9(2)11-6-12(18(25)22-14(11)5-8)16-13(7-20)17(21)26-19-15(16)10(3)23-24-19/h4-6,16H,21H2,1-3H3,(H,22,25)(H,23,24). The molecule has 1 aromatic carbocycles. The third-order valence-corrected chi connectivity index (χ3v) is 4.78. The summed E-state index contributed by atoms with van der Waals surface area (Å²) in [5.41, 5.74) is 10.6. The SMILES string of the molecule is Cc1cc(C)c2cc(C3C(C#N)=C(N)Oc4n[nH]c(C)c43)c(=O)[nH]c2c1. The van der Waals surface area contributed by atoms with Gasteiger partial charge in [-0.1, -0.05) is 6.07 Å². The number of rotatable bonds is 1. The highest BCUT2D eigenvalue weighted by molar-refractivity contribution is 5.83. The smallest absolute Gasteiger partial charge is 0.252 e. The van der Waals surface area contributed by atoms with Crippen molar-refractivity contribution >= 4 is 10.9 Å². The average Bonchev–Trinajstić information content (AvgIpc) is 2.93. The average molecular weight is 347 g/mol. The van der Waals surface area contributed by atoms with Crippen molar-refractivity contribution < 1.29 is 4.74 Å². The molecular formula is C19H17N5O2. The van der Waals surface area contributed by atoms with E-state index in [0.29, 0.717) is 17.0 Å². The van der Waals surface area contributed by atoms with Gasteiger partial charge in [-0.15, -0.1) is 5.10 Å². The number of benzene rings is 1. The normalized spacial score (nSPS) is 16.3. The molecular weight excluding hydrogens is 330 g/mol. The third kappa shape index (κ3) is 2.19. The molecule has 1 unspecified atom stereocenters. The number of ether oxygens (including phenoxy) is 1. The molecule has 4 N–H and O–H groups in total. The van der Waals surface area contributed by atoms with Gasteiger partial charge in [-0.2, -0.15) is 5.26 Å². The minimum absolute atomic E-state index is 0.0309. The fourth-order valence-corrected chi connectivity index (χ4v) is 3.61. The van der Waals surface area contributed by atoms with Crippen molar-refractivity contribution in [3.63, 3.8) is 0 Å². The number of hydrogen-bond acceptors (Lipinski definition) is 5. The lowest BCUT2D eigenvalue weighted by atomic mass is 9.84. The van der Waals surface area contributed by atoms with Gasteiger partial charge in [0.05, 0.1) is 5.92 Å². The zero-order chi connectivity index (χ0) is 18.6. The third-order valence-electron chi connectivity index (χ3n) is 4.78. The Labute approximate surface area is 149 Å². The number of nitrogens with one attached hydrogen (secondary N) is 2. The Bertz CT molecular complexity index is 1190. The largest absolute Gasteiger partial charge is 0.420 e. The molecule has 4 rings (SSSR count). The molecule has 1 aliphatic rings. The Morgan fingerprint density at radius 3 is 2.77 bits per heavy atom. The molecule has 0 fully saturated rings. The Kier molecular flexibility index (Phi) is 3.37. The molecule has 0 spiro atoms. The summed E-state index contributed by atoms with van der Waals surface area (Å²) in [4.78, 5) is 15.8. The number of nitrogens with two attached hydrogens (primary N) is 1. The topological polar surface area (TPSA) is 121 Å². The molecule has 1 aliphatic heterocycles. The van der Waals surface area contributed by atoms with E-state index >= 15 is 0 Å². The van der Waals surface area contributed by atoms with Crippen LogP contribution in [0.1, 0.15) is 33.9 Å². The second-order valence-corrected chi connectivity index (χ2v) is 6.59. The Balaban J connectivity index is 2.06. The molecule has 2 aromatic heterocycles. The molecule has 3 aromatic rings. The van der Waals surface area contributed by atoms with Crippen LogP contribution in [-0.4, -0.2) is 15.2 Å². The van der Waals surface area contributed by atoms with Crippen molar-refractivity contribution in [2.24, 2.45) is 5.73 Å². The van der Waals surface area contributed by atoms with Crippen LogP contribution in [-0.2, 0) is 0 Å². The van der Waals surface area contributed by atoms with Crippen LogP contribution in [0.2, 0.25) is 0 Å². The summed E-state index contributed by atoms with van der Waals surface area (Å²) < 4.78 is 5.45. The van der Waals surface area contributed by atoms with Gasteiger partial charge in [0, 0.05) is 27.7 Å². The number of hydrogen-bond donors (Lipinski definition) is 3. The van der Waals surface area contributed by atoms with Crippen molar-refractivity contribution in [2.75, 3.05) is 0 Å². The predicted molar refractivity (Wildman–Crippen MR) is 96.7 cm³/mol. The molecule has 0 saturated heterocycles. The molecule has 0 saturated carbocycles. The molecule has 0 bridgehead atoms. The summed E-state index contributed by atoms with van der Waals surface area (Å²) in [6.07, 6.45) is 0. The molecule has 0 amide bonds. The minimum Gasteiger partial charge on any atom is -0.420 e. The highest BCUT2D eigenvalue weighted by atomic mass is 16.5. The van der Waals surface area contributed by atoms with Crippen molar-refractivity contribution in [1.29, 1.82) is 5.26 Å². The number of nitrogens with zero attached hydrogens (tertiary/aromatic N) is 2. The summed E-state index contributed by atoms with van der Waals surface area (Å²) >= 11 is 0. The number of allylic oxidation sites excluding steroid dienone is 1. The fraction of sp³-hybridized carbons (Fsp3) is 0.211. The van der Waals surface area contributed by atoms with E-state index in [1.165, 1.54) is 0 Å². The zero-order valence-corrected chi connectivity index (χ0v) is 14.6. The van der Waals surface area contributed by atoms with Crippen molar-refractivity contribution in [3.8, 4) is 11.9 Å². The molecule has 3 heterocycles. The first-order valence-corrected chi connectivity index (χ1v) is 8.17. The number of nitriles is 1. The van der Waals surface area contributed by atoms with Crippen LogP contribution in [0.15, 0.2) is 34.4 Å². The molecule has 0 radical (unpaired) electrons. The Hall–Kier alpha value is -3.53. The number of aryl methyl sites for hydroxylation is 3. The van der Waals surface area contributed by atoms with Gasteiger partial charge in [0.25, 0.3) is 5.56 Å². The van der Waals surface area contributed by atoms with Gasteiger partial charge >= 0.3 is 0 Å². The van der Waals surface area contributed by atoms with Crippen LogP contribution in [0.25, 0.3) is 10.9 Å². The second-order valence-electron chi connectivity index (χ2n) is 6.59. The molecule has 7 nitrogen and oxygen atoms in total. The maximum Gasteiger partial charge on any atom is 0.252 e. The first-order valence-electron chi connectivity index (χ1n) is 8.17. The van der Waals surface area contributed by atoms with Crippen LogP contribution in [0.5, 0.6) is 5.88 Å². The predicted octanol–water partition coefficient (Wildman–Crippen LogP) is 2.39. The summed E-state index contributed by atoms with van der Waals surface area (Å²) in [6.45, 7) is 5.80. The van der Waals surface area contributed by atoms with Gasteiger partial charge < -0.3 is 15.5 Å². The van der Waals surface area contributed by atoms with E-state index in [1.54, 1.807) is 0 Å². The molecule has 130 valence electrons. The lowest BCUT2D eigenvalue weighted by Crippen LogP contribution is -2.25. The van der Waals surface area contributed by atoms with Crippen LogP contribution < -0.4 is 16.0 Å². The van der Waals surface area contributed by atoms with Crippen molar-refractivity contribution in [3.05, 3.63) is 68.0 Å². The van der Waals surface area contributed by atoms with E-state index in [-0.39, 0.29) is 17.0 Å². The van der Waals surface area contributed by atoms with Crippen LogP contribution in [0.3, 0.4) is 0 Å². The van der Waals surface area contributed by atoms with Gasteiger partial charge in [0.2, 0.25) is 11.8 Å². The maximum absolute atomic E-state index is 12.9. The van der Waals surface area contributed by atoms with E-state index in [9.17, 15) is 10.1 Å². The zero-order valence-electron chi connectivity index (χ0n) is 14.6. The first-order chi connectivity index (χ1) is 12.4. The summed E-state index contributed by atoms with van der Waals surface area (Å²) in [6, 6.07) is 7.91. The highest BCUT2D eigenvalue weighted by Crippen LogP contribution is 2.41. The quantitative estimate of drug-likeness (QED) is 0.624. The van der Waals surface area contributed by atoms with Gasteiger partial charge in [-0.25, -0.2) is 0 Å². The fourth-order valence-electron chi connectivity index (χ4n) is 3.61. The van der Waals surface area contributed by atoms with Gasteiger partial charge in [0.1, 0.15) is 11.6 Å². The van der Waals surface area contributed by atoms with Crippen molar-refractivity contribution in [1.82, 2.24) is 15.2 Å². The monoisotopic (exact) mass is 347 g/mol. The summed E-state index contributed by atoms with van der Waals surface area (Å²) in [7, 11) is 0. The lowest BCUT2D eigenvalue weighted by Gasteiger charge is -2.23. The number of aromatic amines is 2. The molecule has 0 aliphatic carbocycles. The highest BCUT2D eigenvalue weighted by Gasteiger charge is 2.35. The van der Waals surface area contributed by atoms with Gasteiger partial charge in [0.15, 0.2) is 0 Å². The Morgan fingerprint density at radius 1 is 1.27 bits per heavy atom. The molecule has 7 heteroatoms. The van der Waals surface area contributed by atoms with E-state index in [1.807, 2.05) is 32.9 Å². The first kappa shape index (κ1) is 16.0. The lowest BCUT2D eigenvalue weighted by molar-refractivity contribution is 0.378. The van der Waals surface area contributed by atoms with Gasteiger partial charge in [-0.05, 0) is 44.0 Å². The maximum atomic E-state index is 12.9. The second kappa shape index (κ2) is 5.49. The van der Waals surface area contributed by atoms with E-state index in [0.717, 1.165) is 27.7 Å². The molecule has 26 heavy (non-hydrogen) atoms. The summed E-state index contributed by atoms with van der Waals surface area (Å²) in [5.74, 6) is -0.364. The number of H-pyrrole nitrogens is 2. The van der Waals surface area contributed by atoms with Gasteiger partial charge in [-0.3, -0.25) is 9.89 Å². The Morgan fingerprint density at radius 2 is 2.04 bits per heavy atom. The number of aromatic nitrogens is 3. The van der Waals surface area contributed by atoms with Crippen molar-refractivity contribution in [2.45, 2.75) is 26.7 Å². The van der Waals surface area contributed by atoms with Crippen LogP contribution >= 0.6 is 0 Å². The van der Waals surface area contributed by atoms with Crippen LogP contribution in [0.4, 0.5) is 0 Å².